The number of alkyl halides is 3. The molecule has 1 aliphatic rings. The van der Waals surface area contributed by atoms with E-state index in [0.29, 0.717) is 12.0 Å². The molecule has 1 atom stereocenters. The lowest BCUT2D eigenvalue weighted by Gasteiger charge is -2.29. The number of carbonyl (C=O) groups excluding carboxylic acids is 1. The van der Waals surface area contributed by atoms with Gasteiger partial charge in [-0.3, -0.25) is 4.79 Å². The number of thiophene rings is 1. The molecule has 2 aromatic rings. The van der Waals surface area contributed by atoms with Crippen molar-refractivity contribution in [3.63, 3.8) is 0 Å². The smallest absolute Gasteiger partial charge is 0.369 e. The van der Waals surface area contributed by atoms with Gasteiger partial charge in [0.2, 0.25) is 5.91 Å². The van der Waals surface area contributed by atoms with Crippen LogP contribution >= 0.6 is 11.3 Å². The lowest BCUT2D eigenvalue weighted by Crippen LogP contribution is -2.23. The minimum atomic E-state index is -4.44. The normalized spacial score (nSPS) is 17.6. The molecular weight excluding hydrogens is 359 g/mol. The van der Waals surface area contributed by atoms with Crippen molar-refractivity contribution in [1.29, 1.82) is 0 Å². The van der Waals surface area contributed by atoms with Crippen molar-refractivity contribution in [1.82, 2.24) is 0 Å². The highest BCUT2D eigenvalue weighted by Crippen LogP contribution is 2.40. The summed E-state index contributed by atoms with van der Waals surface area (Å²) in [6, 6.07) is 7.02. The van der Waals surface area contributed by atoms with Crippen LogP contribution in [0.4, 0.5) is 13.2 Å². The zero-order chi connectivity index (χ0) is 19.1. The molecule has 0 radical (unpaired) electrons. The maximum Gasteiger partial charge on any atom is 0.416 e. The monoisotopic (exact) mass is 381 g/mol. The Kier molecular flexibility index (Phi) is 4.90. The molecule has 1 aromatic carbocycles. The van der Waals surface area contributed by atoms with E-state index in [9.17, 15) is 18.0 Å². The summed E-state index contributed by atoms with van der Waals surface area (Å²) in [5.74, 6) is -1.36. The van der Waals surface area contributed by atoms with E-state index in [2.05, 4.69) is 19.9 Å². The zero-order valence-electron chi connectivity index (χ0n) is 14.8. The fourth-order valence-electron chi connectivity index (χ4n) is 3.56. The van der Waals surface area contributed by atoms with Crippen LogP contribution in [0.1, 0.15) is 52.6 Å². The summed E-state index contributed by atoms with van der Waals surface area (Å²) in [6.45, 7) is 4.48. The van der Waals surface area contributed by atoms with Crippen LogP contribution in [0.5, 0.6) is 0 Å². The van der Waals surface area contributed by atoms with Crippen molar-refractivity contribution in [2.45, 2.75) is 51.6 Å². The lowest BCUT2D eigenvalue weighted by molar-refractivity contribution is -0.137. The van der Waals surface area contributed by atoms with Gasteiger partial charge in [0.15, 0.2) is 0 Å². The third-order valence-corrected chi connectivity index (χ3v) is 6.27. The molecule has 1 amide bonds. The SMILES string of the molecule is CC1(C)CCc2sc(CC(C(N)=O)c3cccc(C(F)(F)F)c3)cc2C1. The summed E-state index contributed by atoms with van der Waals surface area (Å²) in [7, 11) is 0. The fourth-order valence-corrected chi connectivity index (χ4v) is 4.80. The van der Waals surface area contributed by atoms with Gasteiger partial charge in [-0.2, -0.15) is 13.2 Å². The van der Waals surface area contributed by atoms with Crippen molar-refractivity contribution >= 4 is 17.2 Å². The molecule has 26 heavy (non-hydrogen) atoms. The summed E-state index contributed by atoms with van der Waals surface area (Å²) in [4.78, 5) is 14.3. The molecule has 3 rings (SSSR count). The third kappa shape index (κ3) is 4.11. The third-order valence-electron chi connectivity index (χ3n) is 5.01. The Morgan fingerprint density at radius 2 is 2.04 bits per heavy atom. The predicted octanol–water partition coefficient (Wildman–Crippen LogP) is 5.09. The lowest BCUT2D eigenvalue weighted by atomic mass is 9.77. The summed E-state index contributed by atoms with van der Waals surface area (Å²) in [5.41, 5.74) is 6.65. The molecule has 0 spiro atoms. The Morgan fingerprint density at radius 1 is 1.31 bits per heavy atom. The first-order valence-corrected chi connectivity index (χ1v) is 9.44. The van der Waals surface area contributed by atoms with Gasteiger partial charge in [-0.05, 0) is 54.4 Å². The Bertz CT molecular complexity index is 823. The van der Waals surface area contributed by atoms with Gasteiger partial charge in [0.25, 0.3) is 0 Å². The second-order valence-electron chi connectivity index (χ2n) is 7.78. The molecule has 1 unspecified atom stereocenters. The first-order chi connectivity index (χ1) is 12.0. The topological polar surface area (TPSA) is 43.1 Å². The van der Waals surface area contributed by atoms with Gasteiger partial charge >= 0.3 is 6.18 Å². The molecule has 140 valence electrons. The Morgan fingerprint density at radius 3 is 2.69 bits per heavy atom. The van der Waals surface area contributed by atoms with Crippen LogP contribution in [-0.4, -0.2) is 5.91 Å². The van der Waals surface area contributed by atoms with Gasteiger partial charge in [0.05, 0.1) is 11.5 Å². The van der Waals surface area contributed by atoms with Gasteiger partial charge in [-0.25, -0.2) is 0 Å². The van der Waals surface area contributed by atoms with Crippen LogP contribution in [0.25, 0.3) is 0 Å². The molecule has 6 heteroatoms. The van der Waals surface area contributed by atoms with Gasteiger partial charge in [-0.1, -0.05) is 32.0 Å². The molecule has 1 aromatic heterocycles. The summed E-state index contributed by atoms with van der Waals surface area (Å²) < 4.78 is 38.9. The number of benzene rings is 1. The molecule has 2 nitrogen and oxygen atoms in total. The van der Waals surface area contributed by atoms with Crippen LogP contribution in [0.15, 0.2) is 30.3 Å². The first-order valence-electron chi connectivity index (χ1n) is 8.62. The molecule has 0 aliphatic heterocycles. The number of primary amides is 1. The maximum atomic E-state index is 13.0. The van der Waals surface area contributed by atoms with Crippen molar-refractivity contribution in [2.75, 3.05) is 0 Å². The van der Waals surface area contributed by atoms with Crippen molar-refractivity contribution in [2.24, 2.45) is 11.1 Å². The van der Waals surface area contributed by atoms with Crippen molar-refractivity contribution < 1.29 is 18.0 Å². The Balaban J connectivity index is 1.87. The number of hydrogen-bond donors (Lipinski definition) is 1. The largest absolute Gasteiger partial charge is 0.416 e. The van der Waals surface area contributed by atoms with Crippen molar-refractivity contribution in [3.05, 3.63) is 56.8 Å². The maximum absolute atomic E-state index is 13.0. The second kappa shape index (κ2) is 6.72. The van der Waals surface area contributed by atoms with E-state index in [1.165, 1.54) is 16.5 Å². The highest BCUT2D eigenvalue weighted by atomic mass is 32.1. The quantitative estimate of drug-likeness (QED) is 0.787. The zero-order valence-corrected chi connectivity index (χ0v) is 15.6. The van der Waals surface area contributed by atoms with Crippen LogP contribution in [0, 0.1) is 5.41 Å². The highest BCUT2D eigenvalue weighted by molar-refractivity contribution is 7.12. The van der Waals surface area contributed by atoms with E-state index in [1.54, 1.807) is 17.4 Å². The summed E-state index contributed by atoms with van der Waals surface area (Å²) in [6.07, 6.45) is -0.977. The van der Waals surface area contributed by atoms with Gasteiger partial charge in [0.1, 0.15) is 0 Å². The molecule has 0 saturated carbocycles. The minimum absolute atomic E-state index is 0.259. The van der Waals surface area contributed by atoms with Crippen LogP contribution in [0.3, 0.4) is 0 Å². The molecule has 1 aliphatic carbocycles. The Labute approximate surface area is 155 Å². The highest BCUT2D eigenvalue weighted by Gasteiger charge is 2.32. The number of fused-ring (bicyclic) bond motifs is 1. The number of rotatable bonds is 4. The average Bonchev–Trinajstić information content (AvgIpc) is 2.92. The van der Waals surface area contributed by atoms with E-state index in [1.807, 2.05) is 0 Å². The summed E-state index contributed by atoms with van der Waals surface area (Å²) >= 11 is 1.66. The predicted molar refractivity (Wildman–Crippen MR) is 97.2 cm³/mol. The first kappa shape index (κ1) is 19.0. The molecule has 2 N–H and O–H groups in total. The average molecular weight is 381 g/mol. The number of amides is 1. The Hall–Kier alpha value is -1.82. The molecular formula is C20H22F3NOS. The van der Waals surface area contributed by atoms with E-state index in [4.69, 9.17) is 5.73 Å². The fraction of sp³-hybridized carbons (Fsp3) is 0.450. The number of aryl methyl sites for hydroxylation is 1. The van der Waals surface area contributed by atoms with Crippen LogP contribution in [-0.2, 0) is 30.2 Å². The van der Waals surface area contributed by atoms with Crippen LogP contribution < -0.4 is 5.73 Å². The second-order valence-corrected chi connectivity index (χ2v) is 9.01. The van der Waals surface area contributed by atoms with Gasteiger partial charge in [0, 0.05) is 9.75 Å². The molecule has 1 heterocycles. The van der Waals surface area contributed by atoms with E-state index < -0.39 is 23.6 Å². The van der Waals surface area contributed by atoms with E-state index in [0.717, 1.165) is 36.3 Å². The molecule has 0 saturated heterocycles. The number of hydrogen-bond acceptors (Lipinski definition) is 2. The number of carbonyl (C=O) groups is 1. The molecule has 0 fully saturated rings. The van der Waals surface area contributed by atoms with Gasteiger partial charge < -0.3 is 5.73 Å². The van der Waals surface area contributed by atoms with Crippen LogP contribution in [0.2, 0.25) is 0 Å². The molecule has 0 bridgehead atoms. The van der Waals surface area contributed by atoms with Gasteiger partial charge in [-0.15, -0.1) is 11.3 Å². The minimum Gasteiger partial charge on any atom is -0.369 e. The number of nitrogens with two attached hydrogens (primary N) is 1. The standard InChI is InChI=1S/C20H22F3NOS/c1-19(2)7-6-17-13(11-19)9-15(26-17)10-16(18(24)25)12-4-3-5-14(8-12)20(21,22)23/h3-5,8-9,16H,6-7,10-11H2,1-2H3,(H2,24,25). The number of halogens is 3. The van der Waals surface area contributed by atoms with Crippen molar-refractivity contribution in [3.8, 4) is 0 Å². The van der Waals surface area contributed by atoms with E-state index >= 15 is 0 Å². The van der Waals surface area contributed by atoms with E-state index in [-0.39, 0.29) is 5.41 Å². The summed E-state index contributed by atoms with van der Waals surface area (Å²) in [5, 5.41) is 0.